The molecule has 1 aliphatic rings. The van der Waals surface area contributed by atoms with Crippen molar-refractivity contribution in [2.24, 2.45) is 0 Å². The molecular formula is C16H11BrN2O2S. The van der Waals surface area contributed by atoms with E-state index in [9.17, 15) is 4.79 Å². The van der Waals surface area contributed by atoms with Crippen LogP contribution in [0.3, 0.4) is 0 Å². The number of thiophene rings is 1. The zero-order valence-electron chi connectivity index (χ0n) is 11.5. The lowest BCUT2D eigenvalue weighted by Crippen LogP contribution is -2.29. The first-order valence-corrected chi connectivity index (χ1v) is 8.50. The molecule has 110 valence electrons. The quantitative estimate of drug-likeness (QED) is 0.668. The highest BCUT2D eigenvalue weighted by molar-refractivity contribution is 9.10. The van der Waals surface area contributed by atoms with Crippen molar-refractivity contribution >= 4 is 38.9 Å². The number of fused-ring (bicyclic) bond motifs is 1. The molecule has 0 N–H and O–H groups in total. The molecule has 1 amide bonds. The molecule has 0 aliphatic carbocycles. The van der Waals surface area contributed by atoms with E-state index < -0.39 is 0 Å². The van der Waals surface area contributed by atoms with E-state index in [1.54, 1.807) is 22.3 Å². The Hall–Kier alpha value is -1.92. The summed E-state index contributed by atoms with van der Waals surface area (Å²) in [5.74, 6) is 0.515. The maximum Gasteiger partial charge on any atom is 0.280 e. The zero-order chi connectivity index (χ0) is 15.1. The predicted octanol–water partition coefficient (Wildman–Crippen LogP) is 4.37. The number of aromatic nitrogens is 1. The standard InChI is InChI=1S/C16H11BrN2O2S/c17-11-3-4-13-10(8-11)5-6-19(13)16(20)12-9-14(21-18-12)15-2-1-7-22-15/h1-4,7-9H,5-6H2. The van der Waals surface area contributed by atoms with Gasteiger partial charge in [0.05, 0.1) is 4.88 Å². The number of halogens is 1. The van der Waals surface area contributed by atoms with Crippen LogP contribution in [0.4, 0.5) is 5.69 Å². The Morgan fingerprint density at radius 3 is 3.05 bits per heavy atom. The molecule has 6 heteroatoms. The van der Waals surface area contributed by atoms with Crippen LogP contribution in [-0.4, -0.2) is 17.6 Å². The second-order valence-electron chi connectivity index (χ2n) is 5.03. The predicted molar refractivity (Wildman–Crippen MR) is 89.3 cm³/mol. The smallest absolute Gasteiger partial charge is 0.280 e. The van der Waals surface area contributed by atoms with Crippen molar-refractivity contribution in [3.63, 3.8) is 0 Å². The van der Waals surface area contributed by atoms with E-state index in [0.717, 1.165) is 21.5 Å². The fraction of sp³-hybridized carbons (Fsp3) is 0.125. The molecule has 3 aromatic rings. The molecule has 2 aromatic heterocycles. The number of amides is 1. The van der Waals surface area contributed by atoms with Gasteiger partial charge in [-0.3, -0.25) is 4.79 Å². The van der Waals surface area contributed by atoms with E-state index in [4.69, 9.17) is 4.52 Å². The van der Waals surface area contributed by atoms with Gasteiger partial charge in [-0.1, -0.05) is 27.2 Å². The van der Waals surface area contributed by atoms with Gasteiger partial charge in [-0.25, -0.2) is 0 Å². The summed E-state index contributed by atoms with van der Waals surface area (Å²) in [5, 5.41) is 5.90. The highest BCUT2D eigenvalue weighted by atomic mass is 79.9. The van der Waals surface area contributed by atoms with Gasteiger partial charge in [0.15, 0.2) is 11.5 Å². The summed E-state index contributed by atoms with van der Waals surface area (Å²) in [6, 6.07) is 11.6. The summed E-state index contributed by atoms with van der Waals surface area (Å²) < 4.78 is 6.33. The average molecular weight is 375 g/mol. The summed E-state index contributed by atoms with van der Waals surface area (Å²) in [7, 11) is 0. The van der Waals surface area contributed by atoms with Crippen LogP contribution in [0, 0.1) is 0 Å². The Bertz CT molecular complexity index is 842. The number of carbonyl (C=O) groups excluding carboxylic acids is 1. The van der Waals surface area contributed by atoms with Crippen LogP contribution >= 0.6 is 27.3 Å². The number of nitrogens with zero attached hydrogens (tertiary/aromatic N) is 2. The highest BCUT2D eigenvalue weighted by Gasteiger charge is 2.28. The van der Waals surface area contributed by atoms with Crippen molar-refractivity contribution < 1.29 is 9.32 Å². The van der Waals surface area contributed by atoms with Gasteiger partial charge < -0.3 is 9.42 Å². The Morgan fingerprint density at radius 1 is 1.32 bits per heavy atom. The van der Waals surface area contributed by atoms with Gasteiger partial charge >= 0.3 is 0 Å². The van der Waals surface area contributed by atoms with Gasteiger partial charge in [0.25, 0.3) is 5.91 Å². The van der Waals surface area contributed by atoms with Gasteiger partial charge in [-0.05, 0) is 41.6 Å². The summed E-state index contributed by atoms with van der Waals surface area (Å²) in [5.41, 5.74) is 2.47. The van der Waals surface area contributed by atoms with Crippen molar-refractivity contribution in [1.82, 2.24) is 5.16 Å². The van der Waals surface area contributed by atoms with Crippen molar-refractivity contribution in [2.45, 2.75) is 6.42 Å². The van der Waals surface area contributed by atoms with Crippen LogP contribution in [0.5, 0.6) is 0 Å². The Morgan fingerprint density at radius 2 is 2.23 bits per heavy atom. The zero-order valence-corrected chi connectivity index (χ0v) is 13.9. The molecule has 4 rings (SSSR count). The van der Waals surface area contributed by atoms with Gasteiger partial charge in [0.1, 0.15) is 0 Å². The Kier molecular flexibility index (Phi) is 3.35. The third kappa shape index (κ3) is 2.28. The molecule has 0 spiro atoms. The van der Waals surface area contributed by atoms with Gasteiger partial charge in [0, 0.05) is 22.8 Å². The first-order chi connectivity index (χ1) is 10.7. The molecule has 4 nitrogen and oxygen atoms in total. The fourth-order valence-electron chi connectivity index (χ4n) is 2.63. The molecule has 0 fully saturated rings. The van der Waals surface area contributed by atoms with Gasteiger partial charge in [-0.15, -0.1) is 11.3 Å². The molecular weight excluding hydrogens is 364 g/mol. The molecule has 1 aliphatic heterocycles. The normalized spacial score (nSPS) is 13.4. The van der Waals surface area contributed by atoms with E-state index in [-0.39, 0.29) is 5.91 Å². The topological polar surface area (TPSA) is 46.3 Å². The van der Waals surface area contributed by atoms with Crippen LogP contribution in [0.2, 0.25) is 0 Å². The molecule has 0 unspecified atom stereocenters. The van der Waals surface area contributed by atoms with Gasteiger partial charge in [0.2, 0.25) is 0 Å². The van der Waals surface area contributed by atoms with Crippen LogP contribution in [0.25, 0.3) is 10.6 Å². The maximum atomic E-state index is 12.7. The highest BCUT2D eigenvalue weighted by Crippen LogP contribution is 2.32. The molecule has 0 saturated heterocycles. The van der Waals surface area contributed by atoms with Crippen LogP contribution in [0.15, 0.2) is 50.8 Å². The first kappa shape index (κ1) is 13.7. The summed E-state index contributed by atoms with van der Waals surface area (Å²) >= 11 is 5.02. The van der Waals surface area contributed by atoms with E-state index in [1.807, 2.05) is 29.6 Å². The second kappa shape index (κ2) is 5.37. The van der Waals surface area contributed by atoms with Crippen molar-refractivity contribution in [1.29, 1.82) is 0 Å². The maximum absolute atomic E-state index is 12.7. The van der Waals surface area contributed by atoms with Crippen LogP contribution in [0.1, 0.15) is 16.1 Å². The fourth-order valence-corrected chi connectivity index (χ4v) is 3.71. The summed E-state index contributed by atoms with van der Waals surface area (Å²) in [6.07, 6.45) is 0.857. The lowest BCUT2D eigenvalue weighted by molar-refractivity contribution is 0.0981. The summed E-state index contributed by atoms with van der Waals surface area (Å²) in [4.78, 5) is 15.4. The van der Waals surface area contributed by atoms with Crippen LogP contribution < -0.4 is 4.90 Å². The largest absolute Gasteiger partial charge is 0.355 e. The first-order valence-electron chi connectivity index (χ1n) is 6.83. The molecule has 3 heterocycles. The number of rotatable bonds is 2. The molecule has 0 radical (unpaired) electrons. The third-order valence-electron chi connectivity index (χ3n) is 3.68. The number of hydrogen-bond acceptors (Lipinski definition) is 4. The third-order valence-corrected chi connectivity index (χ3v) is 5.05. The Balaban J connectivity index is 1.64. The van der Waals surface area contributed by atoms with Crippen molar-refractivity contribution in [3.05, 3.63) is 57.5 Å². The Labute approximate surface area is 139 Å². The SMILES string of the molecule is O=C(c1cc(-c2cccs2)on1)N1CCc2cc(Br)ccc21. The number of carbonyl (C=O) groups is 1. The lowest BCUT2D eigenvalue weighted by atomic mass is 10.2. The van der Waals surface area contributed by atoms with E-state index in [2.05, 4.69) is 27.2 Å². The number of hydrogen-bond donors (Lipinski definition) is 0. The minimum Gasteiger partial charge on any atom is -0.355 e. The average Bonchev–Trinajstić information content (AvgIpc) is 3.25. The van der Waals surface area contributed by atoms with Crippen molar-refractivity contribution in [2.75, 3.05) is 11.4 Å². The van der Waals surface area contributed by atoms with E-state index in [1.165, 1.54) is 5.56 Å². The molecule has 0 atom stereocenters. The molecule has 0 bridgehead atoms. The molecule has 22 heavy (non-hydrogen) atoms. The minimum absolute atomic E-state index is 0.118. The van der Waals surface area contributed by atoms with E-state index in [0.29, 0.717) is 18.0 Å². The monoisotopic (exact) mass is 374 g/mol. The molecule has 1 aromatic carbocycles. The van der Waals surface area contributed by atoms with Gasteiger partial charge in [-0.2, -0.15) is 0 Å². The lowest BCUT2D eigenvalue weighted by Gasteiger charge is -2.15. The van der Waals surface area contributed by atoms with Crippen LogP contribution in [-0.2, 0) is 6.42 Å². The van der Waals surface area contributed by atoms with Crippen molar-refractivity contribution in [3.8, 4) is 10.6 Å². The molecule has 0 saturated carbocycles. The number of anilines is 1. The second-order valence-corrected chi connectivity index (χ2v) is 6.90. The number of benzene rings is 1. The van der Waals surface area contributed by atoms with E-state index >= 15 is 0 Å². The summed E-state index contributed by atoms with van der Waals surface area (Å²) in [6.45, 7) is 0.672. The minimum atomic E-state index is -0.118.